The van der Waals surface area contributed by atoms with Crippen molar-refractivity contribution < 1.29 is 28.7 Å². The Hall–Kier alpha value is -3.20. The third-order valence-electron chi connectivity index (χ3n) is 4.23. The molecule has 2 heterocycles. The fraction of sp³-hybridized carbons (Fsp3) is 0.300. The average molecular weight is 416 g/mol. The number of anilines is 1. The molecule has 3 rings (SSSR count). The molecule has 1 saturated heterocycles. The van der Waals surface area contributed by atoms with Gasteiger partial charge in [0.15, 0.2) is 6.61 Å². The van der Waals surface area contributed by atoms with Crippen LogP contribution in [0.15, 0.2) is 35.7 Å². The molecule has 0 spiro atoms. The summed E-state index contributed by atoms with van der Waals surface area (Å²) >= 11 is 1.18. The van der Waals surface area contributed by atoms with Crippen LogP contribution in [0.25, 0.3) is 11.1 Å². The lowest BCUT2D eigenvalue weighted by molar-refractivity contribution is -0.149. The molecule has 2 aromatic rings. The van der Waals surface area contributed by atoms with Crippen molar-refractivity contribution in [1.29, 1.82) is 0 Å². The Morgan fingerprint density at radius 1 is 1.21 bits per heavy atom. The Morgan fingerprint density at radius 3 is 2.62 bits per heavy atom. The van der Waals surface area contributed by atoms with Crippen molar-refractivity contribution in [1.82, 2.24) is 5.32 Å². The van der Waals surface area contributed by atoms with Crippen LogP contribution in [0.3, 0.4) is 0 Å². The van der Waals surface area contributed by atoms with Gasteiger partial charge in [-0.25, -0.2) is 9.59 Å². The fourth-order valence-corrected chi connectivity index (χ4v) is 3.85. The monoisotopic (exact) mass is 416 g/mol. The van der Waals surface area contributed by atoms with E-state index in [1.807, 2.05) is 30.3 Å². The molecule has 0 saturated carbocycles. The molecule has 8 nitrogen and oxygen atoms in total. The summed E-state index contributed by atoms with van der Waals surface area (Å²) in [6.07, 6.45) is 0.601. The number of amides is 2. The summed E-state index contributed by atoms with van der Waals surface area (Å²) in [4.78, 5) is 47.8. The zero-order valence-corrected chi connectivity index (χ0v) is 16.5. The number of carbonyl (C=O) groups is 4. The summed E-state index contributed by atoms with van der Waals surface area (Å²) in [5.41, 5.74) is 1.72. The SMILES string of the molecule is CCOC(=O)c1c(-c2ccccc2)csc1NC(=O)COC(=O)C1CCC(=O)N1. The van der Waals surface area contributed by atoms with Gasteiger partial charge in [-0.3, -0.25) is 9.59 Å². The molecule has 1 aromatic heterocycles. The number of esters is 2. The Balaban J connectivity index is 1.70. The van der Waals surface area contributed by atoms with E-state index in [4.69, 9.17) is 9.47 Å². The van der Waals surface area contributed by atoms with E-state index in [1.165, 1.54) is 11.3 Å². The van der Waals surface area contributed by atoms with Crippen LogP contribution >= 0.6 is 11.3 Å². The van der Waals surface area contributed by atoms with Gasteiger partial charge in [0.1, 0.15) is 16.6 Å². The van der Waals surface area contributed by atoms with Crippen LogP contribution in [0.5, 0.6) is 0 Å². The standard InChI is InChI=1S/C20H20N2O6S/c1-2-27-20(26)17-13(12-6-4-3-5-7-12)11-29-18(17)22-16(24)10-28-19(25)14-8-9-15(23)21-14/h3-7,11,14H,2,8-10H2,1H3,(H,21,23)(H,22,24). The van der Waals surface area contributed by atoms with Crippen LogP contribution in [-0.4, -0.2) is 43.0 Å². The predicted octanol–water partition coefficient (Wildman–Crippen LogP) is 2.35. The number of nitrogens with one attached hydrogen (secondary N) is 2. The number of hydrogen-bond acceptors (Lipinski definition) is 7. The second-order valence-corrected chi connectivity index (χ2v) is 7.13. The van der Waals surface area contributed by atoms with Crippen molar-refractivity contribution in [3.63, 3.8) is 0 Å². The highest BCUT2D eigenvalue weighted by Crippen LogP contribution is 2.36. The van der Waals surface area contributed by atoms with E-state index in [0.29, 0.717) is 17.0 Å². The molecule has 1 aliphatic heterocycles. The molecular weight excluding hydrogens is 396 g/mol. The Kier molecular flexibility index (Phi) is 6.61. The Morgan fingerprint density at radius 2 is 1.97 bits per heavy atom. The first-order valence-electron chi connectivity index (χ1n) is 9.09. The number of ether oxygens (including phenoxy) is 2. The van der Waals surface area contributed by atoms with Gasteiger partial charge in [0.05, 0.1) is 6.61 Å². The van der Waals surface area contributed by atoms with Gasteiger partial charge >= 0.3 is 11.9 Å². The van der Waals surface area contributed by atoms with Crippen molar-refractivity contribution in [2.24, 2.45) is 0 Å². The third kappa shape index (κ3) is 5.00. The van der Waals surface area contributed by atoms with E-state index in [1.54, 1.807) is 12.3 Å². The number of carbonyl (C=O) groups excluding carboxylic acids is 4. The maximum Gasteiger partial charge on any atom is 0.341 e. The molecule has 0 radical (unpaired) electrons. The second-order valence-electron chi connectivity index (χ2n) is 6.25. The highest BCUT2D eigenvalue weighted by molar-refractivity contribution is 7.15. The van der Waals surface area contributed by atoms with Crippen molar-refractivity contribution in [3.8, 4) is 11.1 Å². The van der Waals surface area contributed by atoms with Crippen LogP contribution in [-0.2, 0) is 23.9 Å². The first-order valence-corrected chi connectivity index (χ1v) is 9.97. The molecule has 1 unspecified atom stereocenters. The average Bonchev–Trinajstić information content (AvgIpc) is 3.33. The quantitative estimate of drug-likeness (QED) is 0.671. The van der Waals surface area contributed by atoms with Crippen LogP contribution in [0, 0.1) is 0 Å². The van der Waals surface area contributed by atoms with Crippen molar-refractivity contribution in [2.75, 3.05) is 18.5 Å². The second kappa shape index (κ2) is 9.33. The normalized spacial score (nSPS) is 15.5. The predicted molar refractivity (Wildman–Crippen MR) is 106 cm³/mol. The largest absolute Gasteiger partial charge is 0.462 e. The van der Waals surface area contributed by atoms with E-state index in [2.05, 4.69) is 10.6 Å². The lowest BCUT2D eigenvalue weighted by Crippen LogP contribution is -2.36. The van der Waals surface area contributed by atoms with Gasteiger partial charge in [-0.2, -0.15) is 0 Å². The van der Waals surface area contributed by atoms with Crippen LogP contribution in [0.1, 0.15) is 30.1 Å². The number of benzene rings is 1. The van der Waals surface area contributed by atoms with Crippen LogP contribution in [0.4, 0.5) is 5.00 Å². The van der Waals surface area contributed by atoms with Crippen LogP contribution < -0.4 is 10.6 Å². The molecule has 1 fully saturated rings. The van der Waals surface area contributed by atoms with Crippen molar-refractivity contribution >= 4 is 40.1 Å². The van der Waals surface area contributed by atoms with E-state index in [0.717, 1.165) is 5.56 Å². The minimum absolute atomic E-state index is 0.195. The highest BCUT2D eigenvalue weighted by atomic mass is 32.1. The van der Waals surface area contributed by atoms with Gasteiger partial charge < -0.3 is 20.1 Å². The molecule has 9 heteroatoms. The maximum atomic E-state index is 12.5. The van der Waals surface area contributed by atoms with Gasteiger partial charge in [0, 0.05) is 17.4 Å². The summed E-state index contributed by atoms with van der Waals surface area (Å²) in [6.45, 7) is 1.37. The zero-order valence-electron chi connectivity index (χ0n) is 15.7. The number of hydrogen-bond donors (Lipinski definition) is 2. The summed E-state index contributed by atoms with van der Waals surface area (Å²) in [6, 6.07) is 8.55. The summed E-state index contributed by atoms with van der Waals surface area (Å²) in [5, 5.41) is 7.17. The molecule has 2 N–H and O–H groups in total. The summed E-state index contributed by atoms with van der Waals surface area (Å²) in [7, 11) is 0. The van der Waals surface area contributed by atoms with Crippen molar-refractivity contribution in [2.45, 2.75) is 25.8 Å². The summed E-state index contributed by atoms with van der Waals surface area (Å²) in [5.74, 6) is -2.02. The number of thiophene rings is 1. The molecule has 0 aliphatic carbocycles. The molecular formula is C20H20N2O6S. The van der Waals surface area contributed by atoms with Gasteiger partial charge in [0.2, 0.25) is 5.91 Å². The number of rotatable bonds is 7. The van der Waals surface area contributed by atoms with Gasteiger partial charge in [-0.05, 0) is 18.9 Å². The minimum atomic E-state index is -0.725. The first kappa shape index (κ1) is 20.5. The molecule has 29 heavy (non-hydrogen) atoms. The molecule has 1 atom stereocenters. The first-order chi connectivity index (χ1) is 14.0. The van der Waals surface area contributed by atoms with E-state index < -0.39 is 30.5 Å². The summed E-state index contributed by atoms with van der Waals surface area (Å²) < 4.78 is 10.1. The Bertz CT molecular complexity index is 924. The maximum absolute atomic E-state index is 12.5. The lowest BCUT2D eigenvalue weighted by atomic mass is 10.0. The molecule has 1 aromatic carbocycles. The molecule has 152 valence electrons. The van der Waals surface area contributed by atoms with E-state index in [-0.39, 0.29) is 24.5 Å². The fourth-order valence-electron chi connectivity index (χ4n) is 2.88. The molecule has 1 aliphatic rings. The van der Waals surface area contributed by atoms with Crippen LogP contribution in [0.2, 0.25) is 0 Å². The molecule has 0 bridgehead atoms. The van der Waals surface area contributed by atoms with Gasteiger partial charge in [0.25, 0.3) is 5.91 Å². The zero-order chi connectivity index (χ0) is 20.8. The van der Waals surface area contributed by atoms with E-state index in [9.17, 15) is 19.2 Å². The van der Waals surface area contributed by atoms with E-state index >= 15 is 0 Å². The van der Waals surface area contributed by atoms with Gasteiger partial charge in [-0.15, -0.1) is 11.3 Å². The molecule has 2 amide bonds. The smallest absolute Gasteiger partial charge is 0.341 e. The Labute approximate surface area is 171 Å². The lowest BCUT2D eigenvalue weighted by Gasteiger charge is -2.11. The van der Waals surface area contributed by atoms with Gasteiger partial charge in [-0.1, -0.05) is 30.3 Å². The van der Waals surface area contributed by atoms with Crippen molar-refractivity contribution in [3.05, 3.63) is 41.3 Å². The highest BCUT2D eigenvalue weighted by Gasteiger charge is 2.29. The topological polar surface area (TPSA) is 111 Å². The minimum Gasteiger partial charge on any atom is -0.462 e. The third-order valence-corrected chi connectivity index (χ3v) is 5.13.